The minimum Gasteiger partial charge on any atom is -0.395 e. The molecule has 2 aliphatic rings. The van der Waals surface area contributed by atoms with Crippen LogP contribution in [0.3, 0.4) is 0 Å². The molecule has 126 valence electrons. The second-order valence-corrected chi connectivity index (χ2v) is 8.57. The molecule has 23 heavy (non-hydrogen) atoms. The van der Waals surface area contributed by atoms with Crippen LogP contribution in [0.15, 0.2) is 24.3 Å². The lowest BCUT2D eigenvalue weighted by molar-refractivity contribution is 0.0281. The number of amides is 1. The van der Waals surface area contributed by atoms with Crippen LogP contribution in [-0.4, -0.2) is 79.1 Å². The monoisotopic (exact) mass is 358 g/mol. The normalized spacial score (nSPS) is 27.0. The van der Waals surface area contributed by atoms with Crippen LogP contribution in [0.1, 0.15) is 10.4 Å². The van der Waals surface area contributed by atoms with E-state index in [0.717, 1.165) is 0 Å². The van der Waals surface area contributed by atoms with Crippen LogP contribution in [-0.2, 0) is 9.84 Å². The van der Waals surface area contributed by atoms with Crippen LogP contribution in [0, 0.1) is 0 Å². The first-order valence-corrected chi connectivity index (χ1v) is 9.73. The molecule has 0 spiro atoms. The first kappa shape index (κ1) is 16.7. The highest BCUT2D eigenvalue weighted by Crippen LogP contribution is 2.28. The lowest BCUT2D eigenvalue weighted by Gasteiger charge is -2.43. The van der Waals surface area contributed by atoms with E-state index in [4.69, 9.17) is 16.7 Å². The molecule has 2 saturated heterocycles. The van der Waals surface area contributed by atoms with Gasteiger partial charge in [-0.1, -0.05) is 11.6 Å². The van der Waals surface area contributed by atoms with Crippen LogP contribution in [0.2, 0.25) is 5.02 Å². The molecule has 1 aromatic rings. The van der Waals surface area contributed by atoms with Gasteiger partial charge in [0.15, 0.2) is 9.84 Å². The largest absolute Gasteiger partial charge is 0.395 e. The SMILES string of the molecule is O=C(c1ccc(Cl)cc1)N1CCN(CCO)[C@@H]2CS(=O)(=O)C[C@@H]21. The van der Waals surface area contributed by atoms with Gasteiger partial charge in [0.05, 0.1) is 24.2 Å². The third-order valence-electron chi connectivity index (χ3n) is 4.53. The van der Waals surface area contributed by atoms with E-state index in [1.807, 2.05) is 4.90 Å². The van der Waals surface area contributed by atoms with E-state index in [1.54, 1.807) is 29.2 Å². The molecule has 0 saturated carbocycles. The molecule has 0 unspecified atom stereocenters. The number of β-amino-alcohol motifs (C(OH)–C–C–N with tert-alkyl or cyclic N) is 1. The van der Waals surface area contributed by atoms with E-state index in [0.29, 0.717) is 30.2 Å². The van der Waals surface area contributed by atoms with Crippen molar-refractivity contribution < 1.29 is 18.3 Å². The van der Waals surface area contributed by atoms with Crippen LogP contribution >= 0.6 is 11.6 Å². The topological polar surface area (TPSA) is 77.9 Å². The first-order valence-electron chi connectivity index (χ1n) is 7.53. The number of sulfone groups is 1. The lowest BCUT2D eigenvalue weighted by Crippen LogP contribution is -2.61. The van der Waals surface area contributed by atoms with E-state index in [-0.39, 0.29) is 36.1 Å². The minimum absolute atomic E-state index is 0.0150. The summed E-state index contributed by atoms with van der Waals surface area (Å²) in [4.78, 5) is 16.4. The Balaban J connectivity index is 1.86. The molecule has 2 aliphatic heterocycles. The summed E-state index contributed by atoms with van der Waals surface area (Å²) < 4.78 is 24.1. The molecule has 0 bridgehead atoms. The third kappa shape index (κ3) is 3.38. The Morgan fingerprint density at radius 1 is 1.17 bits per heavy atom. The Kier molecular flexibility index (Phi) is 4.64. The Labute approximate surface area is 140 Å². The third-order valence-corrected chi connectivity index (χ3v) is 6.48. The fraction of sp³-hybridized carbons (Fsp3) is 0.533. The van der Waals surface area contributed by atoms with Gasteiger partial charge < -0.3 is 10.0 Å². The number of piperazine rings is 1. The van der Waals surface area contributed by atoms with E-state index in [9.17, 15) is 13.2 Å². The number of benzene rings is 1. The zero-order chi connectivity index (χ0) is 16.6. The summed E-state index contributed by atoms with van der Waals surface area (Å²) in [6.45, 7) is 1.43. The average Bonchev–Trinajstić information content (AvgIpc) is 2.83. The fourth-order valence-electron chi connectivity index (χ4n) is 3.44. The van der Waals surface area contributed by atoms with Gasteiger partial charge in [-0.3, -0.25) is 9.69 Å². The van der Waals surface area contributed by atoms with Crippen molar-refractivity contribution in [1.82, 2.24) is 9.80 Å². The molecule has 2 fully saturated rings. The summed E-state index contributed by atoms with van der Waals surface area (Å²) in [5, 5.41) is 9.72. The van der Waals surface area contributed by atoms with Crippen LogP contribution in [0.5, 0.6) is 0 Å². The number of carbonyl (C=O) groups excluding carboxylic acids is 1. The first-order chi connectivity index (χ1) is 10.9. The quantitative estimate of drug-likeness (QED) is 0.838. The van der Waals surface area contributed by atoms with E-state index in [2.05, 4.69) is 0 Å². The molecule has 1 amide bonds. The number of rotatable bonds is 3. The van der Waals surface area contributed by atoms with Crippen molar-refractivity contribution in [3.63, 3.8) is 0 Å². The summed E-state index contributed by atoms with van der Waals surface area (Å²) in [5.74, 6) is -0.140. The van der Waals surface area contributed by atoms with Crippen molar-refractivity contribution in [2.24, 2.45) is 0 Å². The zero-order valence-corrected chi connectivity index (χ0v) is 14.1. The number of hydrogen-bond donors (Lipinski definition) is 1. The number of halogens is 1. The molecule has 0 aliphatic carbocycles. The van der Waals surface area contributed by atoms with Crippen molar-refractivity contribution >= 4 is 27.3 Å². The number of carbonyl (C=O) groups is 1. The maximum Gasteiger partial charge on any atom is 0.254 e. The number of fused-ring (bicyclic) bond motifs is 1. The summed E-state index contributed by atoms with van der Waals surface area (Å²) >= 11 is 5.85. The van der Waals surface area contributed by atoms with Gasteiger partial charge in [-0.25, -0.2) is 8.42 Å². The highest BCUT2D eigenvalue weighted by molar-refractivity contribution is 7.91. The van der Waals surface area contributed by atoms with Gasteiger partial charge in [-0.05, 0) is 24.3 Å². The van der Waals surface area contributed by atoms with Crippen LogP contribution in [0.25, 0.3) is 0 Å². The highest BCUT2D eigenvalue weighted by Gasteiger charge is 2.47. The van der Waals surface area contributed by atoms with Crippen molar-refractivity contribution in [3.8, 4) is 0 Å². The number of aliphatic hydroxyl groups is 1. The van der Waals surface area contributed by atoms with Crippen molar-refractivity contribution in [2.45, 2.75) is 12.1 Å². The maximum absolute atomic E-state index is 12.7. The lowest BCUT2D eigenvalue weighted by atomic mass is 10.0. The van der Waals surface area contributed by atoms with E-state index >= 15 is 0 Å². The Hall–Kier alpha value is -1.15. The van der Waals surface area contributed by atoms with E-state index in [1.165, 1.54) is 0 Å². The summed E-state index contributed by atoms with van der Waals surface area (Å²) in [7, 11) is -3.17. The van der Waals surface area contributed by atoms with Gasteiger partial charge in [-0.2, -0.15) is 0 Å². The molecule has 6 nitrogen and oxygen atoms in total. The molecule has 8 heteroatoms. The molecule has 1 aromatic carbocycles. The second-order valence-electron chi connectivity index (χ2n) is 5.98. The van der Waals surface area contributed by atoms with Gasteiger partial charge >= 0.3 is 0 Å². The van der Waals surface area contributed by atoms with Gasteiger partial charge in [0, 0.05) is 36.3 Å². The van der Waals surface area contributed by atoms with Gasteiger partial charge in [-0.15, -0.1) is 0 Å². The summed E-state index contributed by atoms with van der Waals surface area (Å²) in [6.07, 6.45) is 0. The van der Waals surface area contributed by atoms with Crippen molar-refractivity contribution in [2.75, 3.05) is 37.7 Å². The van der Waals surface area contributed by atoms with Gasteiger partial charge in [0.2, 0.25) is 0 Å². The molecular formula is C15H19ClN2O4S. The molecule has 2 heterocycles. The molecule has 2 atom stereocenters. The van der Waals surface area contributed by atoms with Crippen LogP contribution in [0.4, 0.5) is 0 Å². The Morgan fingerprint density at radius 3 is 2.48 bits per heavy atom. The Bertz CT molecular complexity index is 692. The second kappa shape index (κ2) is 6.39. The van der Waals surface area contributed by atoms with E-state index < -0.39 is 9.84 Å². The highest BCUT2D eigenvalue weighted by atomic mass is 35.5. The van der Waals surface area contributed by atoms with Crippen LogP contribution < -0.4 is 0 Å². The summed E-state index contributed by atoms with van der Waals surface area (Å²) in [6, 6.07) is 6.02. The summed E-state index contributed by atoms with van der Waals surface area (Å²) in [5.41, 5.74) is 0.507. The standard InChI is InChI=1S/C15H19ClN2O4S/c16-12-3-1-11(2-4-12)15(20)18-6-5-17(7-8-19)13-9-23(21,22)10-14(13)18/h1-4,13-14,19H,5-10H2/t13-,14+/m1/s1. The molecule has 1 N–H and O–H groups in total. The van der Waals surface area contributed by atoms with Gasteiger partial charge in [0.1, 0.15) is 0 Å². The number of hydrogen-bond acceptors (Lipinski definition) is 5. The number of nitrogens with zero attached hydrogens (tertiary/aromatic N) is 2. The predicted molar refractivity (Wildman–Crippen MR) is 87.4 cm³/mol. The van der Waals surface area contributed by atoms with Crippen molar-refractivity contribution in [1.29, 1.82) is 0 Å². The molecule has 0 radical (unpaired) electrons. The molecule has 3 rings (SSSR count). The molecule has 0 aromatic heterocycles. The smallest absolute Gasteiger partial charge is 0.254 e. The minimum atomic E-state index is -3.17. The molecular weight excluding hydrogens is 340 g/mol. The van der Waals surface area contributed by atoms with Gasteiger partial charge in [0.25, 0.3) is 5.91 Å². The number of aliphatic hydroxyl groups excluding tert-OH is 1. The zero-order valence-electron chi connectivity index (χ0n) is 12.6. The Morgan fingerprint density at radius 2 is 1.83 bits per heavy atom. The fourth-order valence-corrected chi connectivity index (χ4v) is 5.58. The van der Waals surface area contributed by atoms with Crippen molar-refractivity contribution in [3.05, 3.63) is 34.9 Å². The predicted octanol–water partition coefficient (Wildman–Crippen LogP) is 0.256. The average molecular weight is 359 g/mol. The maximum atomic E-state index is 12.7.